The van der Waals surface area contributed by atoms with Crippen LogP contribution in [-0.4, -0.2) is 21.8 Å². The Morgan fingerprint density at radius 3 is 2.91 bits per heavy atom. The van der Waals surface area contributed by atoms with Gasteiger partial charge in [-0.2, -0.15) is 16.9 Å². The highest BCUT2D eigenvalue weighted by Crippen LogP contribution is 2.17. The van der Waals surface area contributed by atoms with Gasteiger partial charge in [0.05, 0.1) is 0 Å². The molecule has 2 nitrogen and oxygen atoms in total. The van der Waals surface area contributed by atoms with Crippen LogP contribution in [0.4, 0.5) is 0 Å². The predicted molar refractivity (Wildman–Crippen MR) is 50.0 cm³/mol. The number of aryl methyl sites for hydroxylation is 1. The van der Waals surface area contributed by atoms with Crippen molar-refractivity contribution in [2.75, 3.05) is 12.0 Å². The molecule has 0 spiro atoms. The maximum absolute atomic E-state index is 4.13. The lowest BCUT2D eigenvalue weighted by Crippen LogP contribution is -2.04. The molecule has 1 aromatic heterocycles. The highest BCUT2D eigenvalue weighted by molar-refractivity contribution is 7.98. The van der Waals surface area contributed by atoms with Crippen molar-refractivity contribution in [1.82, 2.24) is 9.78 Å². The first kappa shape index (κ1) is 8.65. The molecule has 1 unspecified atom stereocenters. The lowest BCUT2D eigenvalue weighted by atomic mass is 10.1. The molecule has 0 radical (unpaired) electrons. The van der Waals surface area contributed by atoms with Crippen molar-refractivity contribution >= 4 is 11.8 Å². The summed E-state index contributed by atoms with van der Waals surface area (Å²) in [5.74, 6) is 1.78. The van der Waals surface area contributed by atoms with Crippen LogP contribution in [0, 0.1) is 0 Å². The van der Waals surface area contributed by atoms with Gasteiger partial charge in [-0.1, -0.05) is 6.92 Å². The number of nitrogens with zero attached hydrogens (tertiary/aromatic N) is 2. The molecular formula is C8H14N2S. The lowest BCUT2D eigenvalue weighted by Gasteiger charge is -2.09. The molecule has 0 N–H and O–H groups in total. The van der Waals surface area contributed by atoms with E-state index in [0.717, 1.165) is 0 Å². The van der Waals surface area contributed by atoms with Crippen LogP contribution in [0.5, 0.6) is 0 Å². The maximum atomic E-state index is 4.13. The monoisotopic (exact) mass is 170 g/mol. The first-order valence-corrected chi connectivity index (χ1v) is 5.12. The Morgan fingerprint density at radius 1 is 1.73 bits per heavy atom. The van der Waals surface area contributed by atoms with E-state index in [1.165, 1.54) is 11.4 Å². The molecule has 0 aromatic carbocycles. The van der Waals surface area contributed by atoms with E-state index in [2.05, 4.69) is 24.3 Å². The third kappa shape index (κ3) is 1.99. The van der Waals surface area contributed by atoms with Gasteiger partial charge >= 0.3 is 0 Å². The number of hydrogen-bond acceptors (Lipinski definition) is 2. The quantitative estimate of drug-likeness (QED) is 0.689. The van der Waals surface area contributed by atoms with E-state index < -0.39 is 0 Å². The Morgan fingerprint density at radius 2 is 2.45 bits per heavy atom. The van der Waals surface area contributed by atoms with Crippen LogP contribution in [0.15, 0.2) is 12.3 Å². The van der Waals surface area contributed by atoms with Crippen molar-refractivity contribution in [3.63, 3.8) is 0 Å². The first-order chi connectivity index (χ1) is 5.25. The minimum Gasteiger partial charge on any atom is -0.272 e. The maximum Gasteiger partial charge on any atom is 0.0492 e. The molecule has 1 atom stereocenters. The molecule has 0 bridgehead atoms. The van der Waals surface area contributed by atoms with Gasteiger partial charge in [-0.3, -0.25) is 4.68 Å². The van der Waals surface area contributed by atoms with Gasteiger partial charge in [-0.25, -0.2) is 0 Å². The van der Waals surface area contributed by atoms with Crippen molar-refractivity contribution in [3.05, 3.63) is 18.0 Å². The van der Waals surface area contributed by atoms with Crippen molar-refractivity contribution in [1.29, 1.82) is 0 Å². The molecule has 0 aliphatic carbocycles. The molecule has 3 heteroatoms. The SMILES string of the molecule is CSCC(C)c1ccnn1C. The van der Waals surface area contributed by atoms with Crippen LogP contribution in [0.1, 0.15) is 18.5 Å². The van der Waals surface area contributed by atoms with Crippen LogP contribution in [0.25, 0.3) is 0 Å². The molecule has 11 heavy (non-hydrogen) atoms. The van der Waals surface area contributed by atoms with E-state index in [9.17, 15) is 0 Å². The Balaban J connectivity index is 2.67. The van der Waals surface area contributed by atoms with Gasteiger partial charge in [0, 0.05) is 30.6 Å². The number of thioether (sulfide) groups is 1. The van der Waals surface area contributed by atoms with Crippen LogP contribution in [-0.2, 0) is 7.05 Å². The third-order valence-corrected chi connectivity index (χ3v) is 2.61. The standard InChI is InChI=1S/C8H14N2S/c1-7(6-11-3)8-4-5-9-10(8)2/h4-5,7H,6H2,1-3H3. The second-order valence-electron chi connectivity index (χ2n) is 2.74. The highest BCUT2D eigenvalue weighted by Gasteiger charge is 2.07. The van der Waals surface area contributed by atoms with Crippen LogP contribution >= 0.6 is 11.8 Å². The van der Waals surface area contributed by atoms with Crippen LogP contribution in [0.3, 0.4) is 0 Å². The molecule has 62 valence electrons. The minimum atomic E-state index is 0.609. The summed E-state index contributed by atoms with van der Waals surface area (Å²) in [6.07, 6.45) is 3.99. The normalized spacial score (nSPS) is 13.4. The van der Waals surface area contributed by atoms with Crippen molar-refractivity contribution < 1.29 is 0 Å². The molecule has 0 aliphatic rings. The van der Waals surface area contributed by atoms with Crippen molar-refractivity contribution in [3.8, 4) is 0 Å². The van der Waals surface area contributed by atoms with Gasteiger partial charge < -0.3 is 0 Å². The summed E-state index contributed by atoms with van der Waals surface area (Å²) in [6, 6.07) is 2.08. The first-order valence-electron chi connectivity index (χ1n) is 3.72. The summed E-state index contributed by atoms with van der Waals surface area (Å²) in [6.45, 7) is 2.23. The molecule has 0 saturated heterocycles. The number of hydrogen-bond donors (Lipinski definition) is 0. The van der Waals surface area contributed by atoms with Gasteiger partial charge in [0.2, 0.25) is 0 Å². The molecule has 0 fully saturated rings. The molecule has 1 rings (SSSR count). The fraction of sp³-hybridized carbons (Fsp3) is 0.625. The molecule has 0 saturated carbocycles. The largest absolute Gasteiger partial charge is 0.272 e. The summed E-state index contributed by atoms with van der Waals surface area (Å²) in [5.41, 5.74) is 1.32. The van der Waals surface area contributed by atoms with E-state index in [1.807, 2.05) is 29.7 Å². The van der Waals surface area contributed by atoms with Crippen LogP contribution < -0.4 is 0 Å². The molecular weight excluding hydrogens is 156 g/mol. The second-order valence-corrected chi connectivity index (χ2v) is 3.65. The van der Waals surface area contributed by atoms with Crippen molar-refractivity contribution in [2.45, 2.75) is 12.8 Å². The van der Waals surface area contributed by atoms with E-state index >= 15 is 0 Å². The third-order valence-electron chi connectivity index (χ3n) is 1.78. The van der Waals surface area contributed by atoms with Gasteiger partial charge in [0.25, 0.3) is 0 Å². The molecule has 1 aromatic rings. The fourth-order valence-electron chi connectivity index (χ4n) is 1.20. The summed E-state index contributed by atoms with van der Waals surface area (Å²) < 4.78 is 1.95. The number of aromatic nitrogens is 2. The van der Waals surface area contributed by atoms with E-state index in [1.54, 1.807) is 0 Å². The Kier molecular flexibility index (Phi) is 3.00. The zero-order chi connectivity index (χ0) is 8.27. The smallest absolute Gasteiger partial charge is 0.0492 e. The lowest BCUT2D eigenvalue weighted by molar-refractivity contribution is 0.674. The Hall–Kier alpha value is -0.440. The Labute approximate surface area is 72.0 Å². The summed E-state index contributed by atoms with van der Waals surface area (Å²) in [4.78, 5) is 0. The zero-order valence-electron chi connectivity index (χ0n) is 7.24. The van der Waals surface area contributed by atoms with E-state index in [-0.39, 0.29) is 0 Å². The number of rotatable bonds is 3. The van der Waals surface area contributed by atoms with Gasteiger partial charge in [-0.15, -0.1) is 0 Å². The summed E-state index contributed by atoms with van der Waals surface area (Å²) in [5, 5.41) is 4.13. The Bertz CT molecular complexity index is 220. The zero-order valence-corrected chi connectivity index (χ0v) is 8.06. The topological polar surface area (TPSA) is 17.8 Å². The average molecular weight is 170 g/mol. The van der Waals surface area contributed by atoms with Gasteiger partial charge in [-0.05, 0) is 12.3 Å². The van der Waals surface area contributed by atoms with Gasteiger partial charge in [0.15, 0.2) is 0 Å². The minimum absolute atomic E-state index is 0.609. The predicted octanol–water partition coefficient (Wildman–Crippen LogP) is 1.89. The molecule has 0 aliphatic heterocycles. The van der Waals surface area contributed by atoms with Crippen molar-refractivity contribution in [2.24, 2.45) is 7.05 Å². The van der Waals surface area contributed by atoms with E-state index in [0.29, 0.717) is 5.92 Å². The van der Waals surface area contributed by atoms with Gasteiger partial charge in [0.1, 0.15) is 0 Å². The second kappa shape index (κ2) is 3.81. The van der Waals surface area contributed by atoms with E-state index in [4.69, 9.17) is 0 Å². The van der Waals surface area contributed by atoms with Crippen LogP contribution in [0.2, 0.25) is 0 Å². The molecule has 0 amide bonds. The fourth-order valence-corrected chi connectivity index (χ4v) is 1.87. The highest BCUT2D eigenvalue weighted by atomic mass is 32.2. The summed E-state index contributed by atoms with van der Waals surface area (Å²) in [7, 11) is 1.99. The summed E-state index contributed by atoms with van der Waals surface area (Å²) >= 11 is 1.88. The molecule has 1 heterocycles. The average Bonchev–Trinajstić information content (AvgIpc) is 2.36.